The summed E-state index contributed by atoms with van der Waals surface area (Å²) in [6.45, 7) is 3.06. The van der Waals surface area contributed by atoms with Gasteiger partial charge in [-0.15, -0.1) is 0 Å². The minimum absolute atomic E-state index is 0.125. The Morgan fingerprint density at radius 2 is 1.61 bits per heavy atom. The molecular formula is C32H38N2O2. The molecule has 0 radical (unpaired) electrons. The van der Waals surface area contributed by atoms with Crippen LogP contribution < -0.4 is 5.32 Å². The van der Waals surface area contributed by atoms with E-state index in [0.717, 1.165) is 47.8 Å². The molecule has 1 aliphatic carbocycles. The zero-order chi connectivity index (χ0) is 24.9. The molecule has 2 amide bonds. The molecule has 0 aromatic heterocycles. The summed E-state index contributed by atoms with van der Waals surface area (Å²) < 4.78 is 0. The SMILES string of the molecule is CCCCCc1ccc(C(=O)Nc2ccc(C(=O)N3CCCC4CCCCC43)c3ccccc23)cc1. The third kappa shape index (κ3) is 5.18. The molecule has 4 nitrogen and oxygen atoms in total. The van der Waals surface area contributed by atoms with Crippen LogP contribution in [0, 0.1) is 5.92 Å². The molecule has 3 aromatic carbocycles. The molecule has 2 fully saturated rings. The Balaban J connectivity index is 1.36. The number of likely N-dealkylation sites (tertiary alicyclic amines) is 1. The molecule has 1 saturated carbocycles. The van der Waals surface area contributed by atoms with Crippen molar-refractivity contribution in [2.75, 3.05) is 11.9 Å². The zero-order valence-electron chi connectivity index (χ0n) is 21.5. The topological polar surface area (TPSA) is 49.4 Å². The molecule has 4 heteroatoms. The van der Waals surface area contributed by atoms with Crippen LogP contribution in [0.3, 0.4) is 0 Å². The summed E-state index contributed by atoms with van der Waals surface area (Å²) in [6.07, 6.45) is 11.9. The van der Waals surface area contributed by atoms with Crippen molar-refractivity contribution >= 4 is 28.3 Å². The third-order valence-corrected chi connectivity index (χ3v) is 8.19. The van der Waals surface area contributed by atoms with Crippen molar-refractivity contribution in [3.63, 3.8) is 0 Å². The lowest BCUT2D eigenvalue weighted by atomic mass is 9.78. The van der Waals surface area contributed by atoms with E-state index in [0.29, 0.717) is 17.5 Å². The van der Waals surface area contributed by atoms with Gasteiger partial charge in [0.2, 0.25) is 0 Å². The van der Waals surface area contributed by atoms with E-state index in [-0.39, 0.29) is 11.8 Å². The van der Waals surface area contributed by atoms with Gasteiger partial charge in [0.15, 0.2) is 0 Å². The molecule has 1 heterocycles. The number of hydrogen-bond acceptors (Lipinski definition) is 2. The van der Waals surface area contributed by atoms with Crippen molar-refractivity contribution in [2.24, 2.45) is 5.92 Å². The number of nitrogens with zero attached hydrogens (tertiary/aromatic N) is 1. The van der Waals surface area contributed by atoms with Crippen molar-refractivity contribution in [1.82, 2.24) is 4.90 Å². The number of hydrogen-bond donors (Lipinski definition) is 1. The molecule has 1 N–H and O–H groups in total. The summed E-state index contributed by atoms with van der Waals surface area (Å²) in [5.41, 5.74) is 3.40. The number of benzene rings is 3. The van der Waals surface area contributed by atoms with Crippen molar-refractivity contribution in [3.05, 3.63) is 77.4 Å². The standard InChI is InChI=1S/C32H38N2O2/c1-2-3-4-10-23-16-18-25(19-17-23)31(35)33-29-21-20-28(26-13-6-7-14-27(26)29)32(36)34-22-9-12-24-11-5-8-15-30(24)34/h6-7,13-14,16-21,24,30H,2-5,8-12,15,22H2,1H3,(H,33,35). The number of piperidine rings is 1. The normalized spacial score (nSPS) is 19.6. The zero-order valence-corrected chi connectivity index (χ0v) is 21.5. The summed E-state index contributed by atoms with van der Waals surface area (Å²) >= 11 is 0. The summed E-state index contributed by atoms with van der Waals surface area (Å²) in [4.78, 5) is 29.0. The van der Waals surface area contributed by atoms with Gasteiger partial charge in [0.05, 0.1) is 0 Å². The first-order valence-corrected chi connectivity index (χ1v) is 13.9. The van der Waals surface area contributed by atoms with Gasteiger partial charge >= 0.3 is 0 Å². The fraction of sp³-hybridized carbons (Fsp3) is 0.438. The Kier molecular flexibility index (Phi) is 7.69. The van der Waals surface area contributed by atoms with Gasteiger partial charge in [-0.1, -0.05) is 69.0 Å². The number of unbranched alkanes of at least 4 members (excludes halogenated alkanes) is 2. The lowest BCUT2D eigenvalue weighted by Gasteiger charge is -2.44. The smallest absolute Gasteiger partial charge is 0.255 e. The number of nitrogens with one attached hydrogen (secondary N) is 1. The lowest BCUT2D eigenvalue weighted by molar-refractivity contribution is 0.0392. The molecule has 188 valence electrons. The Morgan fingerprint density at radius 1 is 0.861 bits per heavy atom. The summed E-state index contributed by atoms with van der Waals surface area (Å²) in [5, 5.41) is 4.91. The largest absolute Gasteiger partial charge is 0.335 e. The number of amides is 2. The number of fused-ring (bicyclic) bond motifs is 2. The summed E-state index contributed by atoms with van der Waals surface area (Å²) in [7, 11) is 0. The van der Waals surface area contributed by atoms with Crippen molar-refractivity contribution in [3.8, 4) is 0 Å². The predicted octanol–water partition coefficient (Wildman–Crippen LogP) is 7.62. The number of carbonyl (C=O) groups excluding carboxylic acids is 2. The van der Waals surface area contributed by atoms with Crippen molar-refractivity contribution < 1.29 is 9.59 Å². The van der Waals surface area contributed by atoms with Gasteiger partial charge < -0.3 is 10.2 Å². The van der Waals surface area contributed by atoms with E-state index >= 15 is 0 Å². The van der Waals surface area contributed by atoms with E-state index in [1.807, 2.05) is 48.5 Å². The first-order chi connectivity index (χ1) is 17.7. The van der Waals surface area contributed by atoms with Gasteiger partial charge in [-0.25, -0.2) is 0 Å². The second-order valence-electron chi connectivity index (χ2n) is 10.6. The molecule has 0 spiro atoms. The Bertz CT molecular complexity index is 1210. The minimum atomic E-state index is -0.125. The number of carbonyl (C=O) groups is 2. The van der Waals surface area contributed by atoms with Gasteiger partial charge in [-0.3, -0.25) is 9.59 Å². The molecule has 1 saturated heterocycles. The highest BCUT2D eigenvalue weighted by Crippen LogP contribution is 2.37. The van der Waals surface area contributed by atoms with Crippen molar-refractivity contribution in [2.45, 2.75) is 77.2 Å². The quantitative estimate of drug-likeness (QED) is 0.352. The molecule has 1 aliphatic heterocycles. The summed E-state index contributed by atoms with van der Waals surface area (Å²) in [5.74, 6) is 0.666. The molecule has 2 atom stereocenters. The highest BCUT2D eigenvalue weighted by molar-refractivity contribution is 6.14. The predicted molar refractivity (Wildman–Crippen MR) is 148 cm³/mol. The van der Waals surface area contributed by atoms with E-state index in [1.165, 1.54) is 50.5 Å². The van der Waals surface area contributed by atoms with Crippen LogP contribution in [-0.2, 0) is 6.42 Å². The second kappa shape index (κ2) is 11.3. The number of anilines is 1. The fourth-order valence-electron chi connectivity index (χ4n) is 6.22. The first-order valence-electron chi connectivity index (χ1n) is 13.9. The van der Waals surface area contributed by atoms with E-state index in [9.17, 15) is 9.59 Å². The monoisotopic (exact) mass is 482 g/mol. The van der Waals surface area contributed by atoms with Crippen LogP contribution in [0.4, 0.5) is 5.69 Å². The fourth-order valence-corrected chi connectivity index (χ4v) is 6.22. The molecule has 2 aliphatic rings. The van der Waals surface area contributed by atoms with Gasteiger partial charge in [0.1, 0.15) is 0 Å². The third-order valence-electron chi connectivity index (χ3n) is 8.19. The van der Waals surface area contributed by atoms with Gasteiger partial charge in [0.25, 0.3) is 11.8 Å². The van der Waals surface area contributed by atoms with Gasteiger partial charge in [-0.05, 0) is 79.7 Å². The minimum Gasteiger partial charge on any atom is -0.335 e. The molecule has 5 rings (SSSR count). The number of rotatable bonds is 7. The molecule has 3 aromatic rings. The van der Waals surface area contributed by atoms with Gasteiger partial charge in [0, 0.05) is 34.8 Å². The van der Waals surface area contributed by atoms with Crippen LogP contribution >= 0.6 is 0 Å². The van der Waals surface area contributed by atoms with Crippen LogP contribution in [0.5, 0.6) is 0 Å². The van der Waals surface area contributed by atoms with Crippen LogP contribution in [0.15, 0.2) is 60.7 Å². The van der Waals surface area contributed by atoms with Crippen LogP contribution in [0.2, 0.25) is 0 Å². The van der Waals surface area contributed by atoms with E-state index in [2.05, 4.69) is 29.3 Å². The average molecular weight is 483 g/mol. The summed E-state index contributed by atoms with van der Waals surface area (Å²) in [6, 6.07) is 20.1. The van der Waals surface area contributed by atoms with Gasteiger partial charge in [-0.2, -0.15) is 0 Å². The van der Waals surface area contributed by atoms with Crippen molar-refractivity contribution in [1.29, 1.82) is 0 Å². The highest BCUT2D eigenvalue weighted by Gasteiger charge is 2.36. The van der Waals surface area contributed by atoms with Crippen LogP contribution in [0.25, 0.3) is 10.8 Å². The second-order valence-corrected chi connectivity index (χ2v) is 10.6. The highest BCUT2D eigenvalue weighted by atomic mass is 16.2. The Labute approximate surface area is 215 Å². The van der Waals surface area contributed by atoms with E-state index in [4.69, 9.17) is 0 Å². The van der Waals surface area contributed by atoms with E-state index in [1.54, 1.807) is 0 Å². The lowest BCUT2D eigenvalue weighted by Crippen LogP contribution is -2.49. The molecular weight excluding hydrogens is 444 g/mol. The van der Waals surface area contributed by atoms with E-state index < -0.39 is 0 Å². The van der Waals surface area contributed by atoms with Crippen LogP contribution in [-0.4, -0.2) is 29.3 Å². The molecule has 2 unspecified atom stereocenters. The molecule has 36 heavy (non-hydrogen) atoms. The number of aryl methyl sites for hydroxylation is 1. The average Bonchev–Trinajstić information content (AvgIpc) is 2.93. The maximum atomic E-state index is 13.8. The molecule has 0 bridgehead atoms. The van der Waals surface area contributed by atoms with Crippen LogP contribution in [0.1, 0.15) is 91.0 Å². The Hall–Kier alpha value is -3.14. The Morgan fingerprint density at radius 3 is 2.42 bits per heavy atom. The maximum Gasteiger partial charge on any atom is 0.255 e. The maximum absolute atomic E-state index is 13.8. The first kappa shape index (κ1) is 24.5.